The highest BCUT2D eigenvalue weighted by atomic mass is 32.2. The number of ether oxygens (including phenoxy) is 1. The molecule has 2 aliphatic heterocycles. The predicted octanol–water partition coefficient (Wildman–Crippen LogP) is -1.80. The number of likely N-dealkylation sites (tertiary alicyclic amines) is 1. The van der Waals surface area contributed by atoms with Crippen molar-refractivity contribution >= 4 is 28.1 Å². The fourth-order valence-electron chi connectivity index (χ4n) is 3.52. The van der Waals surface area contributed by atoms with E-state index in [0.717, 1.165) is 0 Å². The van der Waals surface area contributed by atoms with Crippen LogP contribution < -0.4 is 0 Å². The van der Waals surface area contributed by atoms with Crippen molar-refractivity contribution in [2.75, 3.05) is 44.8 Å². The molecule has 3 rings (SSSR count). The minimum absolute atomic E-state index is 0.0212. The standard InChI is InChI=1S/C15H24N6O5S.CH2O2/c1-12(21-11-16-17-18-21)13(22)19-5-3-15(26-2,4-6-19)14(23)20-7-9-27(24,25)10-8-20;2-1-3/h11-12H,3-10H2,1-2H3;1H,(H,2,3)/t12-;/m0./s1. The summed E-state index contributed by atoms with van der Waals surface area (Å²) in [6.07, 6.45) is 2.11. The molecule has 3 heterocycles. The van der Waals surface area contributed by atoms with Gasteiger partial charge in [0, 0.05) is 46.1 Å². The highest BCUT2D eigenvalue weighted by molar-refractivity contribution is 7.91. The van der Waals surface area contributed by atoms with Gasteiger partial charge in [0.05, 0.1) is 11.5 Å². The summed E-state index contributed by atoms with van der Waals surface area (Å²) >= 11 is 0. The topological polar surface area (TPSA) is 165 Å². The zero-order valence-corrected chi connectivity index (χ0v) is 17.7. The quantitative estimate of drug-likeness (QED) is 0.522. The van der Waals surface area contributed by atoms with E-state index in [1.165, 1.54) is 18.1 Å². The van der Waals surface area contributed by atoms with Gasteiger partial charge in [0.15, 0.2) is 9.84 Å². The number of piperidine rings is 1. The first-order valence-electron chi connectivity index (χ1n) is 9.34. The van der Waals surface area contributed by atoms with Gasteiger partial charge in [-0.3, -0.25) is 14.4 Å². The molecule has 1 atom stereocenters. The van der Waals surface area contributed by atoms with Crippen LogP contribution in [0.3, 0.4) is 0 Å². The Morgan fingerprint density at radius 2 is 1.73 bits per heavy atom. The van der Waals surface area contributed by atoms with Crippen molar-refractivity contribution in [1.29, 1.82) is 0 Å². The van der Waals surface area contributed by atoms with E-state index in [2.05, 4.69) is 15.5 Å². The van der Waals surface area contributed by atoms with E-state index >= 15 is 0 Å². The zero-order valence-electron chi connectivity index (χ0n) is 16.9. The van der Waals surface area contributed by atoms with E-state index in [1.54, 1.807) is 16.7 Å². The predicted molar refractivity (Wildman–Crippen MR) is 102 cm³/mol. The summed E-state index contributed by atoms with van der Waals surface area (Å²) in [5.74, 6) is -0.358. The summed E-state index contributed by atoms with van der Waals surface area (Å²) in [5.41, 5.74) is -1.02. The molecule has 0 aromatic carbocycles. The summed E-state index contributed by atoms with van der Waals surface area (Å²) in [6.45, 7) is 2.58. The second kappa shape index (κ2) is 9.93. The van der Waals surface area contributed by atoms with Crippen molar-refractivity contribution in [2.24, 2.45) is 0 Å². The van der Waals surface area contributed by atoms with Gasteiger partial charge in [0.2, 0.25) is 5.91 Å². The first-order chi connectivity index (χ1) is 14.2. The Morgan fingerprint density at radius 1 is 1.17 bits per heavy atom. The molecule has 0 spiro atoms. The van der Waals surface area contributed by atoms with Crippen molar-refractivity contribution in [2.45, 2.75) is 31.4 Å². The van der Waals surface area contributed by atoms with Gasteiger partial charge in [0.25, 0.3) is 12.4 Å². The minimum atomic E-state index is -3.06. The third kappa shape index (κ3) is 5.30. The van der Waals surface area contributed by atoms with Gasteiger partial charge in [-0.2, -0.15) is 0 Å². The van der Waals surface area contributed by atoms with Crippen LogP contribution in [0.1, 0.15) is 25.8 Å². The molecule has 2 aliphatic rings. The number of carbonyl (C=O) groups is 3. The van der Waals surface area contributed by atoms with Crippen molar-refractivity contribution in [1.82, 2.24) is 30.0 Å². The van der Waals surface area contributed by atoms with Gasteiger partial charge in [-0.1, -0.05) is 0 Å². The Balaban J connectivity index is 0.00000101. The maximum atomic E-state index is 13.0. The van der Waals surface area contributed by atoms with Crippen molar-refractivity contribution < 1.29 is 32.6 Å². The normalized spacial score (nSPS) is 21.1. The molecule has 13 nitrogen and oxygen atoms in total. The van der Waals surface area contributed by atoms with Crippen molar-refractivity contribution in [3.8, 4) is 0 Å². The molecule has 0 radical (unpaired) electrons. The van der Waals surface area contributed by atoms with Crippen molar-refractivity contribution in [3.05, 3.63) is 6.33 Å². The van der Waals surface area contributed by atoms with Crippen LogP contribution in [0.4, 0.5) is 0 Å². The number of hydrogen-bond donors (Lipinski definition) is 1. The monoisotopic (exact) mass is 446 g/mol. The summed E-state index contributed by atoms with van der Waals surface area (Å²) in [6, 6.07) is -0.530. The van der Waals surface area contributed by atoms with Gasteiger partial charge in [-0.25, -0.2) is 13.1 Å². The molecule has 1 aromatic rings. The van der Waals surface area contributed by atoms with Crippen LogP contribution in [0.25, 0.3) is 0 Å². The molecular formula is C16H26N6O7S. The Kier molecular flexibility index (Phi) is 7.83. The van der Waals surface area contributed by atoms with Crippen LogP contribution in [0.15, 0.2) is 6.33 Å². The first-order valence-corrected chi connectivity index (χ1v) is 11.2. The Hall–Kier alpha value is -2.61. The lowest BCUT2D eigenvalue weighted by atomic mass is 9.89. The molecule has 2 fully saturated rings. The van der Waals surface area contributed by atoms with Crippen molar-refractivity contribution in [3.63, 3.8) is 0 Å². The minimum Gasteiger partial charge on any atom is -0.483 e. The van der Waals surface area contributed by atoms with E-state index in [9.17, 15) is 18.0 Å². The molecule has 168 valence electrons. The van der Waals surface area contributed by atoms with Crippen LogP contribution >= 0.6 is 0 Å². The van der Waals surface area contributed by atoms with Crippen LogP contribution in [-0.4, -0.2) is 112 Å². The number of hydrogen-bond acceptors (Lipinski definition) is 9. The number of nitrogens with zero attached hydrogens (tertiary/aromatic N) is 6. The van der Waals surface area contributed by atoms with Crippen LogP contribution in [0, 0.1) is 0 Å². The molecule has 0 aliphatic carbocycles. The van der Waals surface area contributed by atoms with E-state index in [-0.39, 0.29) is 42.9 Å². The largest absolute Gasteiger partial charge is 0.483 e. The van der Waals surface area contributed by atoms with Gasteiger partial charge in [-0.05, 0) is 17.4 Å². The third-order valence-corrected chi connectivity index (χ3v) is 7.02. The summed E-state index contributed by atoms with van der Waals surface area (Å²) in [7, 11) is -1.58. The Morgan fingerprint density at radius 3 is 2.20 bits per heavy atom. The Bertz CT molecular complexity index is 822. The van der Waals surface area contributed by atoms with Crippen LogP contribution in [0.2, 0.25) is 0 Å². The van der Waals surface area contributed by atoms with Gasteiger partial charge >= 0.3 is 0 Å². The lowest BCUT2D eigenvalue weighted by Gasteiger charge is -2.43. The molecule has 0 unspecified atom stereocenters. The van der Waals surface area contributed by atoms with Gasteiger partial charge in [0.1, 0.15) is 18.0 Å². The molecule has 30 heavy (non-hydrogen) atoms. The first kappa shape index (κ1) is 23.7. The highest BCUT2D eigenvalue weighted by Crippen LogP contribution is 2.30. The van der Waals surface area contributed by atoms with Crippen LogP contribution in [-0.2, 0) is 29.0 Å². The average molecular weight is 446 g/mol. The van der Waals surface area contributed by atoms with E-state index in [1.807, 2.05) is 0 Å². The molecular weight excluding hydrogens is 420 g/mol. The molecule has 1 aromatic heterocycles. The molecule has 0 bridgehead atoms. The number of sulfone groups is 1. The molecule has 2 saturated heterocycles. The lowest BCUT2D eigenvalue weighted by molar-refractivity contribution is -0.163. The summed E-state index contributed by atoms with van der Waals surface area (Å²) < 4.78 is 30.2. The summed E-state index contributed by atoms with van der Waals surface area (Å²) in [4.78, 5) is 37.2. The number of methoxy groups -OCH3 is 1. The number of tetrazole rings is 1. The highest BCUT2D eigenvalue weighted by Gasteiger charge is 2.46. The fourth-order valence-corrected chi connectivity index (χ4v) is 4.72. The number of amides is 2. The lowest BCUT2D eigenvalue weighted by Crippen LogP contribution is -2.59. The number of rotatable bonds is 4. The average Bonchev–Trinajstić information content (AvgIpc) is 3.28. The maximum Gasteiger partial charge on any atom is 0.290 e. The number of carbonyl (C=O) groups excluding carboxylic acids is 2. The second-order valence-electron chi connectivity index (χ2n) is 7.04. The van der Waals surface area contributed by atoms with Crippen LogP contribution in [0.5, 0.6) is 0 Å². The molecule has 14 heteroatoms. The van der Waals surface area contributed by atoms with E-state index in [0.29, 0.717) is 25.9 Å². The van der Waals surface area contributed by atoms with E-state index in [4.69, 9.17) is 14.6 Å². The zero-order chi connectivity index (χ0) is 22.4. The second-order valence-corrected chi connectivity index (χ2v) is 9.34. The van der Waals surface area contributed by atoms with Gasteiger partial charge in [-0.15, -0.1) is 5.10 Å². The molecule has 2 amide bonds. The maximum absolute atomic E-state index is 13.0. The third-order valence-electron chi connectivity index (χ3n) is 5.41. The fraction of sp³-hybridized carbons (Fsp3) is 0.750. The van der Waals surface area contributed by atoms with E-state index < -0.39 is 21.5 Å². The Labute approximate surface area is 173 Å². The number of carboxylic acid groups (broad SMARTS) is 1. The number of aromatic nitrogens is 4. The SMILES string of the molecule is COC1(C(=O)N2CCS(=O)(=O)CC2)CCN(C(=O)[C@H](C)n2cnnn2)CC1.O=CO. The smallest absolute Gasteiger partial charge is 0.290 e. The molecule has 1 N–H and O–H groups in total. The van der Waals surface area contributed by atoms with Gasteiger partial charge < -0.3 is 19.6 Å². The molecule has 0 saturated carbocycles. The summed E-state index contributed by atoms with van der Waals surface area (Å²) in [5, 5.41) is 17.7.